The Morgan fingerprint density at radius 1 is 1.45 bits per heavy atom. The highest BCUT2D eigenvalue weighted by molar-refractivity contribution is 5.94. The van der Waals surface area contributed by atoms with Crippen molar-refractivity contribution in [3.05, 3.63) is 53.2 Å². The zero-order valence-electron chi connectivity index (χ0n) is 11.5. The highest BCUT2D eigenvalue weighted by Crippen LogP contribution is 2.12. The van der Waals surface area contributed by atoms with E-state index >= 15 is 0 Å². The van der Waals surface area contributed by atoms with E-state index in [0.29, 0.717) is 17.8 Å². The normalized spacial score (nSPS) is 10.1. The Morgan fingerprint density at radius 2 is 2.25 bits per heavy atom. The molecule has 1 amide bonds. The summed E-state index contributed by atoms with van der Waals surface area (Å²) in [6.07, 6.45) is 1.74. The Hall–Kier alpha value is -2.61. The molecule has 5 heteroatoms. The number of carbonyl (C=O) groups is 1. The zero-order chi connectivity index (χ0) is 14.5. The minimum Gasteiger partial charge on any atom is -0.464 e. The topological polar surface area (TPSA) is 70.1 Å². The number of furan rings is 1. The van der Waals surface area contributed by atoms with Crippen molar-refractivity contribution in [2.45, 2.75) is 19.9 Å². The maximum atomic E-state index is 12.3. The van der Waals surface area contributed by atoms with Crippen molar-refractivity contribution in [1.82, 2.24) is 9.88 Å². The lowest BCUT2D eigenvalue weighted by Crippen LogP contribution is -2.26. The quantitative estimate of drug-likeness (QED) is 0.854. The van der Waals surface area contributed by atoms with E-state index in [1.807, 2.05) is 25.1 Å². The molecule has 0 fully saturated rings. The van der Waals surface area contributed by atoms with Crippen molar-refractivity contribution in [2.24, 2.45) is 0 Å². The molecule has 0 atom stereocenters. The number of hydrogen-bond acceptors (Lipinski definition) is 4. The molecular formula is C15H15N3O2. The first-order valence-electron chi connectivity index (χ1n) is 6.23. The van der Waals surface area contributed by atoms with Crippen LogP contribution in [0.15, 0.2) is 34.9 Å². The van der Waals surface area contributed by atoms with E-state index in [0.717, 1.165) is 11.5 Å². The number of hydrogen-bond donors (Lipinski definition) is 0. The van der Waals surface area contributed by atoms with Gasteiger partial charge in [0, 0.05) is 18.8 Å². The first-order valence-corrected chi connectivity index (χ1v) is 6.23. The van der Waals surface area contributed by atoms with E-state index in [9.17, 15) is 4.79 Å². The molecule has 0 aromatic carbocycles. The number of aryl methyl sites for hydroxylation is 1. The van der Waals surface area contributed by atoms with Crippen molar-refractivity contribution in [3.63, 3.8) is 0 Å². The smallest absolute Gasteiger partial charge is 0.254 e. The summed E-state index contributed by atoms with van der Waals surface area (Å²) in [6, 6.07) is 9.03. The van der Waals surface area contributed by atoms with Crippen LogP contribution in [0.5, 0.6) is 0 Å². The van der Waals surface area contributed by atoms with Gasteiger partial charge in [0.25, 0.3) is 5.91 Å². The summed E-state index contributed by atoms with van der Waals surface area (Å²) < 4.78 is 5.45. The molecule has 0 unspecified atom stereocenters. The fourth-order valence-corrected chi connectivity index (χ4v) is 1.88. The standard InChI is InChI=1S/C15H15N3O2/c1-11-3-4-14(20-11)10-18(2)15(19)12-6-8-17-13(9-12)5-7-16/h3-4,6,8-9H,5,10H2,1-2H3. The molecule has 0 spiro atoms. The molecule has 102 valence electrons. The van der Waals surface area contributed by atoms with Gasteiger partial charge in [-0.05, 0) is 31.2 Å². The van der Waals surface area contributed by atoms with E-state index in [2.05, 4.69) is 4.98 Å². The largest absolute Gasteiger partial charge is 0.464 e. The third-order valence-electron chi connectivity index (χ3n) is 2.86. The second kappa shape index (κ2) is 6.02. The van der Waals surface area contributed by atoms with Crippen LogP contribution in [0.3, 0.4) is 0 Å². The van der Waals surface area contributed by atoms with Crippen molar-refractivity contribution in [1.29, 1.82) is 5.26 Å². The SMILES string of the molecule is Cc1ccc(CN(C)C(=O)c2ccnc(CC#N)c2)o1. The highest BCUT2D eigenvalue weighted by Gasteiger charge is 2.14. The first-order chi connectivity index (χ1) is 9.60. The highest BCUT2D eigenvalue weighted by atomic mass is 16.3. The van der Waals surface area contributed by atoms with Crippen LogP contribution in [0.1, 0.15) is 27.6 Å². The van der Waals surface area contributed by atoms with Crippen LogP contribution < -0.4 is 0 Å². The number of nitriles is 1. The molecule has 0 saturated carbocycles. The van der Waals surface area contributed by atoms with E-state index in [1.54, 1.807) is 30.3 Å². The second-order valence-corrected chi connectivity index (χ2v) is 4.54. The third kappa shape index (κ3) is 3.23. The number of amides is 1. The summed E-state index contributed by atoms with van der Waals surface area (Å²) >= 11 is 0. The van der Waals surface area contributed by atoms with E-state index in [1.165, 1.54) is 0 Å². The minimum atomic E-state index is -0.124. The molecular weight excluding hydrogens is 254 g/mol. The fraction of sp³-hybridized carbons (Fsp3) is 0.267. The number of rotatable bonds is 4. The van der Waals surface area contributed by atoms with Crippen LogP contribution in [0.25, 0.3) is 0 Å². The third-order valence-corrected chi connectivity index (χ3v) is 2.86. The Kier molecular flexibility index (Phi) is 4.16. The predicted molar refractivity (Wildman–Crippen MR) is 72.8 cm³/mol. The maximum absolute atomic E-state index is 12.3. The molecule has 2 rings (SSSR count). The van der Waals surface area contributed by atoms with Gasteiger partial charge in [-0.1, -0.05) is 0 Å². The molecule has 0 bridgehead atoms. The van der Waals surface area contributed by atoms with Crippen LogP contribution in [0.2, 0.25) is 0 Å². The van der Waals surface area contributed by atoms with Crippen molar-refractivity contribution in [3.8, 4) is 6.07 Å². The number of aromatic nitrogens is 1. The zero-order valence-corrected chi connectivity index (χ0v) is 11.5. The summed E-state index contributed by atoms with van der Waals surface area (Å²) in [7, 11) is 1.71. The van der Waals surface area contributed by atoms with Crippen LogP contribution in [-0.4, -0.2) is 22.8 Å². The van der Waals surface area contributed by atoms with Gasteiger partial charge in [-0.2, -0.15) is 5.26 Å². The molecule has 0 N–H and O–H groups in total. The van der Waals surface area contributed by atoms with Gasteiger partial charge in [0.2, 0.25) is 0 Å². The lowest BCUT2D eigenvalue weighted by atomic mass is 10.2. The lowest BCUT2D eigenvalue weighted by molar-refractivity contribution is 0.0774. The summed E-state index contributed by atoms with van der Waals surface area (Å²) in [5.74, 6) is 1.44. The van der Waals surface area contributed by atoms with Gasteiger partial charge >= 0.3 is 0 Å². The Bertz CT molecular complexity index is 655. The van der Waals surface area contributed by atoms with E-state index in [4.69, 9.17) is 9.68 Å². The molecule has 0 radical (unpaired) electrons. The number of nitrogens with zero attached hydrogens (tertiary/aromatic N) is 3. The van der Waals surface area contributed by atoms with Gasteiger partial charge in [0.15, 0.2) is 0 Å². The van der Waals surface area contributed by atoms with E-state index < -0.39 is 0 Å². The summed E-state index contributed by atoms with van der Waals surface area (Å²) in [5.41, 5.74) is 1.12. The van der Waals surface area contributed by atoms with Crippen molar-refractivity contribution >= 4 is 5.91 Å². The van der Waals surface area contributed by atoms with Gasteiger partial charge in [0.1, 0.15) is 11.5 Å². The van der Waals surface area contributed by atoms with E-state index in [-0.39, 0.29) is 12.3 Å². The van der Waals surface area contributed by atoms with Gasteiger partial charge in [0.05, 0.1) is 24.7 Å². The average Bonchev–Trinajstić information content (AvgIpc) is 2.84. The fourth-order valence-electron chi connectivity index (χ4n) is 1.88. The maximum Gasteiger partial charge on any atom is 0.254 e. The Morgan fingerprint density at radius 3 is 2.90 bits per heavy atom. The Balaban J connectivity index is 2.10. The first kappa shape index (κ1) is 13.8. The molecule has 5 nitrogen and oxygen atoms in total. The van der Waals surface area contributed by atoms with Crippen LogP contribution in [0, 0.1) is 18.3 Å². The second-order valence-electron chi connectivity index (χ2n) is 4.54. The molecule has 2 aromatic rings. The molecule has 2 heterocycles. The monoisotopic (exact) mass is 269 g/mol. The number of carbonyl (C=O) groups excluding carboxylic acids is 1. The molecule has 2 aromatic heterocycles. The van der Waals surface area contributed by atoms with Crippen LogP contribution >= 0.6 is 0 Å². The van der Waals surface area contributed by atoms with Gasteiger partial charge in [-0.3, -0.25) is 9.78 Å². The van der Waals surface area contributed by atoms with Crippen molar-refractivity contribution < 1.29 is 9.21 Å². The Labute approximate surface area is 117 Å². The molecule has 0 saturated heterocycles. The molecule has 0 aliphatic carbocycles. The van der Waals surface area contributed by atoms with Gasteiger partial charge < -0.3 is 9.32 Å². The van der Waals surface area contributed by atoms with Gasteiger partial charge in [-0.25, -0.2) is 0 Å². The van der Waals surface area contributed by atoms with Crippen LogP contribution in [-0.2, 0) is 13.0 Å². The summed E-state index contributed by atoms with van der Waals surface area (Å²) in [4.78, 5) is 17.9. The number of pyridine rings is 1. The average molecular weight is 269 g/mol. The van der Waals surface area contributed by atoms with Crippen LogP contribution in [0.4, 0.5) is 0 Å². The summed E-state index contributed by atoms with van der Waals surface area (Å²) in [5, 5.41) is 8.66. The lowest BCUT2D eigenvalue weighted by Gasteiger charge is -2.15. The molecule has 0 aliphatic rings. The molecule has 0 aliphatic heterocycles. The predicted octanol–water partition coefficient (Wildman–Crippen LogP) is 2.32. The minimum absolute atomic E-state index is 0.124. The van der Waals surface area contributed by atoms with Gasteiger partial charge in [-0.15, -0.1) is 0 Å². The van der Waals surface area contributed by atoms with Crippen molar-refractivity contribution in [2.75, 3.05) is 7.05 Å². The molecule has 20 heavy (non-hydrogen) atoms. The summed E-state index contributed by atoms with van der Waals surface area (Å²) in [6.45, 7) is 2.27.